The summed E-state index contributed by atoms with van der Waals surface area (Å²) < 4.78 is 85.7. The SMILES string of the molecule is Nc1cccc(COc2ccc(C(F)(F)F)cc2Cl)c1.O=[N+]([O-])c1cccc(COc2ccc(C(F)(F)F)cc2Cl)c1. The monoisotopic (exact) mass is 632 g/mol. The quantitative estimate of drug-likeness (QED) is 0.0949. The molecule has 0 aliphatic carbocycles. The van der Waals surface area contributed by atoms with Crippen molar-refractivity contribution in [3.63, 3.8) is 0 Å². The molecule has 0 aromatic heterocycles. The Hall–Kier alpha value is -4.16. The summed E-state index contributed by atoms with van der Waals surface area (Å²) >= 11 is 11.5. The second-order valence-electron chi connectivity index (χ2n) is 8.54. The summed E-state index contributed by atoms with van der Waals surface area (Å²) in [7, 11) is 0. The first-order valence-corrected chi connectivity index (χ1v) is 12.5. The van der Waals surface area contributed by atoms with Gasteiger partial charge in [-0.2, -0.15) is 26.3 Å². The fourth-order valence-electron chi connectivity index (χ4n) is 3.35. The molecule has 0 spiro atoms. The van der Waals surface area contributed by atoms with Gasteiger partial charge in [-0.15, -0.1) is 0 Å². The molecule has 4 rings (SSSR count). The molecule has 0 amide bonds. The largest absolute Gasteiger partial charge is 0.487 e. The number of hydrogen-bond acceptors (Lipinski definition) is 5. The Morgan fingerprint density at radius 2 is 1.14 bits per heavy atom. The van der Waals surface area contributed by atoms with Crippen molar-refractivity contribution in [2.45, 2.75) is 25.6 Å². The van der Waals surface area contributed by atoms with Crippen molar-refractivity contribution in [3.05, 3.63) is 127 Å². The molecule has 0 aliphatic heterocycles. The summed E-state index contributed by atoms with van der Waals surface area (Å²) in [5.74, 6) is 0.267. The Kier molecular flexibility index (Phi) is 10.5. The molecule has 0 unspecified atom stereocenters. The Morgan fingerprint density at radius 1 is 0.690 bits per heavy atom. The second kappa shape index (κ2) is 13.7. The van der Waals surface area contributed by atoms with Crippen LogP contribution in [0.25, 0.3) is 0 Å². The van der Waals surface area contributed by atoms with Crippen LogP contribution in [0.3, 0.4) is 0 Å². The number of nitrogens with two attached hydrogens (primary N) is 1. The van der Waals surface area contributed by atoms with Gasteiger partial charge in [0.25, 0.3) is 5.69 Å². The van der Waals surface area contributed by atoms with Gasteiger partial charge in [0.2, 0.25) is 0 Å². The van der Waals surface area contributed by atoms with Gasteiger partial charge in [-0.05, 0) is 59.7 Å². The highest BCUT2D eigenvalue weighted by Gasteiger charge is 2.31. The number of halogens is 8. The third-order valence-electron chi connectivity index (χ3n) is 5.38. The van der Waals surface area contributed by atoms with Crippen molar-refractivity contribution in [1.82, 2.24) is 0 Å². The minimum Gasteiger partial charge on any atom is -0.487 e. The number of alkyl halides is 6. The van der Waals surface area contributed by atoms with Crippen LogP contribution in [0.2, 0.25) is 10.0 Å². The molecule has 2 N–H and O–H groups in total. The molecule has 0 saturated carbocycles. The molecule has 6 nitrogen and oxygen atoms in total. The van der Waals surface area contributed by atoms with E-state index < -0.39 is 28.4 Å². The van der Waals surface area contributed by atoms with Crippen LogP contribution in [-0.2, 0) is 25.6 Å². The van der Waals surface area contributed by atoms with E-state index in [-0.39, 0.29) is 40.4 Å². The summed E-state index contributed by atoms with van der Waals surface area (Å²) in [6.45, 7) is 0.128. The number of anilines is 1. The standard InChI is InChI=1S/C14H9ClF3NO3.C14H11ClF3NO/c15-12-7-10(14(16,17)18)4-5-13(12)22-8-9-2-1-3-11(6-9)19(20)21;15-12-7-10(14(16,17)18)4-5-13(12)20-8-9-2-1-3-11(19)6-9/h1-7H,8H2;1-7H,8,19H2. The zero-order chi connectivity index (χ0) is 31.1. The van der Waals surface area contributed by atoms with Gasteiger partial charge in [-0.3, -0.25) is 10.1 Å². The number of ether oxygens (including phenoxy) is 2. The number of hydrogen-bond donors (Lipinski definition) is 1. The average Bonchev–Trinajstić information content (AvgIpc) is 2.91. The lowest BCUT2D eigenvalue weighted by molar-refractivity contribution is -0.384. The summed E-state index contributed by atoms with van der Waals surface area (Å²) in [5.41, 5.74) is 5.74. The average molecular weight is 633 g/mol. The highest BCUT2D eigenvalue weighted by atomic mass is 35.5. The number of rotatable bonds is 7. The Balaban J connectivity index is 0.000000231. The fraction of sp³-hybridized carbons (Fsp3) is 0.143. The van der Waals surface area contributed by atoms with Gasteiger partial charge in [-0.25, -0.2) is 0 Å². The number of nitro benzene ring substituents is 1. The van der Waals surface area contributed by atoms with Gasteiger partial charge in [0, 0.05) is 17.8 Å². The Bertz CT molecular complexity index is 1550. The van der Waals surface area contributed by atoms with Crippen LogP contribution in [0.1, 0.15) is 22.3 Å². The zero-order valence-corrected chi connectivity index (χ0v) is 22.7. The van der Waals surface area contributed by atoms with E-state index in [1.54, 1.807) is 30.3 Å². The lowest BCUT2D eigenvalue weighted by atomic mass is 10.2. The van der Waals surface area contributed by atoms with Crippen LogP contribution >= 0.6 is 23.2 Å². The molecule has 0 aliphatic rings. The highest BCUT2D eigenvalue weighted by molar-refractivity contribution is 6.32. The minimum absolute atomic E-state index is 0.0488. The Labute approximate surface area is 245 Å². The van der Waals surface area contributed by atoms with Crippen molar-refractivity contribution >= 4 is 34.6 Å². The van der Waals surface area contributed by atoms with Gasteiger partial charge in [-0.1, -0.05) is 47.5 Å². The first kappa shape index (κ1) is 32.4. The summed E-state index contributed by atoms with van der Waals surface area (Å²) in [6, 6.07) is 18.5. The molecular formula is C28H20Cl2F6N2O4. The number of nitrogen functional groups attached to an aromatic ring is 1. The molecule has 0 bridgehead atoms. The van der Waals surface area contributed by atoms with Crippen molar-refractivity contribution in [2.75, 3.05) is 5.73 Å². The summed E-state index contributed by atoms with van der Waals surface area (Å²) in [5, 5.41) is 10.4. The second-order valence-corrected chi connectivity index (χ2v) is 9.35. The molecule has 0 heterocycles. The van der Waals surface area contributed by atoms with Crippen molar-refractivity contribution in [3.8, 4) is 11.5 Å². The molecule has 0 radical (unpaired) electrons. The first-order valence-electron chi connectivity index (χ1n) is 11.7. The molecule has 0 fully saturated rings. The minimum atomic E-state index is -4.48. The van der Waals surface area contributed by atoms with Crippen LogP contribution in [0.15, 0.2) is 84.9 Å². The van der Waals surface area contributed by atoms with Crippen molar-refractivity contribution in [1.29, 1.82) is 0 Å². The number of nitrogens with zero attached hydrogens (tertiary/aromatic N) is 1. The van der Waals surface area contributed by atoms with Gasteiger partial charge in [0.1, 0.15) is 24.7 Å². The predicted molar refractivity (Wildman–Crippen MR) is 146 cm³/mol. The van der Waals surface area contributed by atoms with E-state index in [0.717, 1.165) is 35.9 Å². The maximum atomic E-state index is 12.5. The molecule has 4 aromatic rings. The third-order valence-corrected chi connectivity index (χ3v) is 5.97. The zero-order valence-electron chi connectivity index (χ0n) is 21.2. The van der Waals surface area contributed by atoms with Crippen LogP contribution in [0.5, 0.6) is 11.5 Å². The fourth-order valence-corrected chi connectivity index (χ4v) is 3.82. The van der Waals surface area contributed by atoms with Gasteiger partial charge >= 0.3 is 12.4 Å². The van der Waals surface area contributed by atoms with Crippen LogP contribution in [0.4, 0.5) is 37.7 Å². The van der Waals surface area contributed by atoms with Crippen molar-refractivity contribution < 1.29 is 40.7 Å². The summed E-state index contributed by atoms with van der Waals surface area (Å²) in [4.78, 5) is 10.1. The van der Waals surface area contributed by atoms with Gasteiger partial charge in [0.15, 0.2) is 0 Å². The Morgan fingerprint density at radius 3 is 1.55 bits per heavy atom. The topological polar surface area (TPSA) is 87.6 Å². The van der Waals surface area contributed by atoms with Crippen LogP contribution in [0, 0.1) is 10.1 Å². The normalized spacial score (nSPS) is 11.3. The van der Waals surface area contributed by atoms with E-state index in [1.807, 2.05) is 0 Å². The van der Waals surface area contributed by atoms with Crippen molar-refractivity contribution in [2.24, 2.45) is 0 Å². The van der Waals surface area contributed by atoms with E-state index in [2.05, 4.69) is 0 Å². The van der Waals surface area contributed by atoms with Gasteiger partial charge in [0.05, 0.1) is 26.1 Å². The molecule has 0 atom stereocenters. The maximum Gasteiger partial charge on any atom is 0.416 e. The molecule has 4 aromatic carbocycles. The molecular weight excluding hydrogens is 613 g/mol. The van der Waals surface area contributed by atoms with Gasteiger partial charge < -0.3 is 15.2 Å². The van der Waals surface area contributed by atoms with Crippen LogP contribution < -0.4 is 15.2 Å². The number of benzene rings is 4. The maximum absolute atomic E-state index is 12.5. The third kappa shape index (κ3) is 9.45. The highest BCUT2D eigenvalue weighted by Crippen LogP contribution is 2.36. The lowest BCUT2D eigenvalue weighted by Gasteiger charge is -2.11. The molecule has 14 heteroatoms. The lowest BCUT2D eigenvalue weighted by Crippen LogP contribution is -2.05. The molecule has 42 heavy (non-hydrogen) atoms. The van der Waals surface area contributed by atoms with E-state index in [9.17, 15) is 36.5 Å². The molecule has 0 saturated heterocycles. The van der Waals surface area contributed by atoms with E-state index in [1.165, 1.54) is 24.3 Å². The van der Waals surface area contributed by atoms with E-state index >= 15 is 0 Å². The smallest absolute Gasteiger partial charge is 0.416 e. The summed E-state index contributed by atoms with van der Waals surface area (Å²) in [6.07, 6.45) is -8.90. The van der Waals surface area contributed by atoms with E-state index in [4.69, 9.17) is 38.4 Å². The molecule has 222 valence electrons. The number of nitro groups is 1. The number of non-ortho nitro benzene ring substituents is 1. The van der Waals surface area contributed by atoms with Crippen LogP contribution in [-0.4, -0.2) is 4.92 Å². The first-order chi connectivity index (χ1) is 19.6. The van der Waals surface area contributed by atoms with E-state index in [0.29, 0.717) is 11.3 Å². The predicted octanol–water partition coefficient (Wildman–Crippen LogP) is 9.37.